The van der Waals surface area contributed by atoms with Crippen molar-refractivity contribution < 1.29 is 4.43 Å². The lowest BCUT2D eigenvalue weighted by Crippen LogP contribution is -2.21. The van der Waals surface area contributed by atoms with Crippen LogP contribution >= 0.6 is 11.6 Å². The predicted molar refractivity (Wildman–Crippen MR) is 51.8 cm³/mol. The highest BCUT2D eigenvalue weighted by molar-refractivity contribution is 6.48. The van der Waals surface area contributed by atoms with Crippen molar-refractivity contribution in [3.63, 3.8) is 0 Å². The maximum atomic E-state index is 6.20. The van der Waals surface area contributed by atoms with Gasteiger partial charge in [0.2, 0.25) is 0 Å². The van der Waals surface area contributed by atoms with Crippen molar-refractivity contribution in [1.29, 1.82) is 0 Å². The second-order valence-electron chi connectivity index (χ2n) is 3.22. The van der Waals surface area contributed by atoms with Gasteiger partial charge < -0.3 is 4.43 Å². The Morgan fingerprint density at radius 2 is 2.18 bits per heavy atom. The first-order chi connectivity index (χ1) is 5.34. The predicted octanol–water partition coefficient (Wildman–Crippen LogP) is 1.86. The van der Waals surface area contributed by atoms with Gasteiger partial charge in [0.1, 0.15) is 0 Å². The third-order valence-corrected chi connectivity index (χ3v) is 4.76. The third kappa shape index (κ3) is 3.14. The molecule has 0 bridgehead atoms. The highest BCUT2D eigenvalue weighted by Crippen LogP contribution is 2.29. The summed E-state index contributed by atoms with van der Waals surface area (Å²) in [5.41, 5.74) is 0. The molecule has 3 heteroatoms. The van der Waals surface area contributed by atoms with Crippen LogP contribution in [0.15, 0.2) is 0 Å². The molecule has 0 spiro atoms. The second kappa shape index (κ2) is 5.17. The van der Waals surface area contributed by atoms with E-state index in [0.717, 1.165) is 12.5 Å². The van der Waals surface area contributed by atoms with E-state index in [4.69, 9.17) is 16.0 Å². The highest BCUT2D eigenvalue weighted by Gasteiger charge is 2.23. The molecule has 1 unspecified atom stereocenters. The van der Waals surface area contributed by atoms with E-state index >= 15 is 0 Å². The molecule has 0 heterocycles. The van der Waals surface area contributed by atoms with Gasteiger partial charge in [-0.2, -0.15) is 0 Å². The summed E-state index contributed by atoms with van der Waals surface area (Å²) < 4.78 is 5.41. The van der Waals surface area contributed by atoms with Crippen LogP contribution in [0.3, 0.4) is 0 Å². The van der Waals surface area contributed by atoms with Crippen LogP contribution in [0.4, 0.5) is 0 Å². The number of alkyl halides is 1. The van der Waals surface area contributed by atoms with E-state index in [1.165, 1.54) is 25.7 Å². The van der Waals surface area contributed by atoms with Gasteiger partial charge in [-0.15, -0.1) is 11.6 Å². The summed E-state index contributed by atoms with van der Waals surface area (Å²) in [7, 11) is -0.428. The summed E-state index contributed by atoms with van der Waals surface area (Å²) in [6, 6.07) is 0. The van der Waals surface area contributed by atoms with Crippen molar-refractivity contribution in [3.8, 4) is 0 Å². The van der Waals surface area contributed by atoms with Crippen molar-refractivity contribution in [2.24, 2.45) is 5.92 Å². The zero-order chi connectivity index (χ0) is 8.10. The molecule has 0 radical (unpaired) electrons. The van der Waals surface area contributed by atoms with Gasteiger partial charge in [-0.1, -0.05) is 12.8 Å². The number of hydrogen-bond donors (Lipinski definition) is 0. The van der Waals surface area contributed by atoms with Crippen LogP contribution < -0.4 is 0 Å². The lowest BCUT2D eigenvalue weighted by molar-refractivity contribution is 0.351. The average molecular weight is 193 g/mol. The van der Waals surface area contributed by atoms with Crippen molar-refractivity contribution >= 4 is 21.4 Å². The monoisotopic (exact) mass is 192 g/mol. The smallest absolute Gasteiger partial charge is 0.179 e. The fraction of sp³-hybridized carbons (Fsp3) is 1.00. The molecule has 0 saturated heterocycles. The summed E-state index contributed by atoms with van der Waals surface area (Å²) in [4.78, 5) is 0. The fourth-order valence-corrected chi connectivity index (χ4v) is 3.41. The Balaban J connectivity index is 2.12. The lowest BCUT2D eigenvalue weighted by Gasteiger charge is -2.14. The van der Waals surface area contributed by atoms with Gasteiger partial charge in [-0.05, 0) is 25.7 Å². The van der Waals surface area contributed by atoms with E-state index in [9.17, 15) is 0 Å². The molecule has 1 atom stereocenters. The summed E-state index contributed by atoms with van der Waals surface area (Å²) in [6.45, 7) is 2.90. The van der Waals surface area contributed by atoms with Gasteiger partial charge in [-0.25, -0.2) is 0 Å². The Hall–Kier alpha value is 0.467. The average Bonchev–Trinajstić information content (AvgIpc) is 2.52. The minimum atomic E-state index is -0.428. The molecular weight excluding hydrogens is 176 g/mol. The van der Waals surface area contributed by atoms with E-state index in [-0.39, 0.29) is 0 Å². The van der Waals surface area contributed by atoms with Crippen LogP contribution in [0.25, 0.3) is 0 Å². The lowest BCUT2D eigenvalue weighted by atomic mass is 10.1. The second-order valence-corrected chi connectivity index (χ2v) is 5.92. The molecule has 0 aliphatic heterocycles. The Morgan fingerprint density at radius 1 is 1.55 bits per heavy atom. The van der Waals surface area contributed by atoms with E-state index in [2.05, 4.69) is 0 Å². The maximum Gasteiger partial charge on any atom is 0.179 e. The van der Waals surface area contributed by atoms with E-state index in [1.54, 1.807) is 0 Å². The summed E-state index contributed by atoms with van der Waals surface area (Å²) in [5.74, 6) is 0.787. The molecule has 11 heavy (non-hydrogen) atoms. The Morgan fingerprint density at radius 3 is 2.73 bits per heavy atom. The van der Waals surface area contributed by atoms with Gasteiger partial charge in [0, 0.05) is 6.61 Å². The Kier molecular flexibility index (Phi) is 4.49. The number of halogens is 1. The van der Waals surface area contributed by atoms with Crippen LogP contribution in [0.5, 0.6) is 0 Å². The van der Waals surface area contributed by atoms with Crippen molar-refractivity contribution in [2.45, 2.75) is 37.6 Å². The van der Waals surface area contributed by atoms with Crippen molar-refractivity contribution in [2.75, 3.05) is 6.61 Å². The first-order valence-corrected chi connectivity index (χ1v) is 6.39. The Bertz CT molecular complexity index is 104. The molecule has 0 aromatic carbocycles. The quantitative estimate of drug-likeness (QED) is 0.488. The zero-order valence-corrected chi connectivity index (χ0v) is 9.35. The number of rotatable bonds is 4. The van der Waals surface area contributed by atoms with Gasteiger partial charge in [0.15, 0.2) is 9.76 Å². The summed E-state index contributed by atoms with van der Waals surface area (Å²) in [6.07, 6.45) is 5.45. The van der Waals surface area contributed by atoms with Crippen LogP contribution in [-0.2, 0) is 4.43 Å². The van der Waals surface area contributed by atoms with E-state index in [0.29, 0.717) is 5.00 Å². The number of hydrogen-bond acceptors (Lipinski definition) is 1. The molecule has 1 nitrogen and oxygen atoms in total. The van der Waals surface area contributed by atoms with Gasteiger partial charge >= 0.3 is 0 Å². The van der Waals surface area contributed by atoms with Crippen LogP contribution in [-0.4, -0.2) is 21.4 Å². The van der Waals surface area contributed by atoms with Crippen molar-refractivity contribution in [3.05, 3.63) is 0 Å². The summed E-state index contributed by atoms with van der Waals surface area (Å²) >= 11 is 6.20. The molecule has 1 aliphatic carbocycles. The minimum absolute atomic E-state index is 0.400. The molecule has 0 amide bonds. The molecule has 0 aromatic rings. The first-order valence-electron chi connectivity index (χ1n) is 4.56. The molecule has 1 fully saturated rings. The molecule has 0 aromatic heterocycles. The molecule has 1 aliphatic rings. The zero-order valence-electron chi connectivity index (χ0n) is 7.18. The molecule has 66 valence electrons. The molecule has 0 N–H and O–H groups in total. The van der Waals surface area contributed by atoms with Crippen LogP contribution in [0.2, 0.25) is 0 Å². The third-order valence-electron chi connectivity index (χ3n) is 2.39. The van der Waals surface area contributed by atoms with Crippen LogP contribution in [0, 0.1) is 5.92 Å². The maximum absolute atomic E-state index is 6.20. The van der Waals surface area contributed by atoms with Gasteiger partial charge in [0.05, 0.1) is 5.00 Å². The van der Waals surface area contributed by atoms with Gasteiger partial charge in [-0.3, -0.25) is 0 Å². The minimum Gasteiger partial charge on any atom is -0.423 e. The first kappa shape index (κ1) is 9.55. The fourth-order valence-electron chi connectivity index (χ4n) is 1.69. The standard InChI is InChI=1S/C8H17ClOSi/c1-2-10-11-8(9)7-5-3-4-6-7/h7-8H,2-6,11H2,1H3. The van der Waals surface area contributed by atoms with E-state index < -0.39 is 9.76 Å². The normalized spacial score (nSPS) is 23.5. The largest absolute Gasteiger partial charge is 0.423 e. The molecular formula is C8H17ClOSi. The molecule has 1 saturated carbocycles. The van der Waals surface area contributed by atoms with E-state index in [1.807, 2.05) is 6.92 Å². The Labute approximate surface area is 76.4 Å². The summed E-state index contributed by atoms with van der Waals surface area (Å²) in [5, 5.41) is 0.400. The van der Waals surface area contributed by atoms with Crippen molar-refractivity contribution in [1.82, 2.24) is 0 Å². The SMILES string of the molecule is CCO[SiH2]C(Cl)C1CCCC1. The highest BCUT2D eigenvalue weighted by atomic mass is 35.5. The topological polar surface area (TPSA) is 9.23 Å². The molecule has 1 rings (SSSR count). The van der Waals surface area contributed by atoms with Gasteiger partial charge in [0.25, 0.3) is 0 Å². The van der Waals surface area contributed by atoms with Crippen LogP contribution in [0.1, 0.15) is 32.6 Å².